The maximum atomic E-state index is 13.3. The van der Waals surface area contributed by atoms with Gasteiger partial charge in [0.25, 0.3) is 0 Å². The Morgan fingerprint density at radius 1 is 1.23 bits per heavy atom. The van der Waals surface area contributed by atoms with Crippen LogP contribution < -0.4 is 5.32 Å². The van der Waals surface area contributed by atoms with Gasteiger partial charge in [0.2, 0.25) is 11.6 Å². The molecule has 1 aliphatic heterocycles. The molecule has 5 nitrogen and oxygen atoms in total. The third-order valence-corrected chi connectivity index (χ3v) is 4.33. The first-order valence-electron chi connectivity index (χ1n) is 6.69. The summed E-state index contributed by atoms with van der Waals surface area (Å²) in [6.07, 6.45) is -4.63. The highest BCUT2D eigenvalue weighted by molar-refractivity contribution is 5.95. The summed E-state index contributed by atoms with van der Waals surface area (Å²) in [5.74, 6) is -0.0945. The number of anilines is 1. The van der Waals surface area contributed by atoms with Gasteiger partial charge in [0, 0.05) is 7.05 Å². The maximum Gasteiger partial charge on any atom is 0.430 e. The molecule has 0 saturated heterocycles. The SMILES string of the molecule is Cc1cc2nc3n(c2cc1C)C(=O)N(C)C(C)(C(F)(F)F)N3. The Hall–Kier alpha value is -2.25. The zero-order valence-corrected chi connectivity index (χ0v) is 12.5. The lowest BCUT2D eigenvalue weighted by atomic mass is 10.1. The molecule has 0 radical (unpaired) electrons. The van der Waals surface area contributed by atoms with Crippen LogP contribution in [-0.2, 0) is 0 Å². The summed E-state index contributed by atoms with van der Waals surface area (Å²) in [6.45, 7) is 4.68. The molecular formula is C14H15F3N4O. The minimum absolute atomic E-state index is 0.0945. The molecule has 3 rings (SSSR count). The molecule has 0 saturated carbocycles. The number of nitrogens with one attached hydrogen (secondary N) is 1. The molecule has 0 aliphatic carbocycles. The number of benzene rings is 1. The number of alkyl halides is 3. The van der Waals surface area contributed by atoms with E-state index in [0.29, 0.717) is 15.9 Å². The first-order chi connectivity index (χ1) is 10.1. The van der Waals surface area contributed by atoms with Gasteiger partial charge in [-0.2, -0.15) is 13.2 Å². The van der Waals surface area contributed by atoms with Crippen molar-refractivity contribution in [2.75, 3.05) is 12.4 Å². The summed E-state index contributed by atoms with van der Waals surface area (Å²) in [4.78, 5) is 17.3. The summed E-state index contributed by atoms with van der Waals surface area (Å²) in [6, 6.07) is 2.75. The fraction of sp³-hybridized carbons (Fsp3) is 0.429. The Morgan fingerprint density at radius 2 is 1.82 bits per heavy atom. The highest BCUT2D eigenvalue weighted by Gasteiger charge is 2.59. The molecule has 1 amide bonds. The number of carbonyl (C=O) groups excluding carboxylic acids is 1. The number of hydrogen-bond donors (Lipinski definition) is 1. The van der Waals surface area contributed by atoms with Crippen molar-refractivity contribution in [1.82, 2.24) is 14.5 Å². The zero-order chi connectivity index (χ0) is 16.4. The number of aromatic nitrogens is 2. The monoisotopic (exact) mass is 312 g/mol. The van der Waals surface area contributed by atoms with Crippen molar-refractivity contribution in [1.29, 1.82) is 0 Å². The molecule has 0 spiro atoms. The molecule has 1 aliphatic rings. The lowest BCUT2D eigenvalue weighted by molar-refractivity contribution is -0.205. The van der Waals surface area contributed by atoms with E-state index in [1.54, 1.807) is 12.1 Å². The van der Waals surface area contributed by atoms with Gasteiger partial charge in [0.15, 0.2) is 0 Å². The molecule has 1 atom stereocenters. The fourth-order valence-corrected chi connectivity index (χ4v) is 2.51. The zero-order valence-electron chi connectivity index (χ0n) is 12.5. The Bertz CT molecular complexity index is 795. The quantitative estimate of drug-likeness (QED) is 0.812. The van der Waals surface area contributed by atoms with Crippen molar-refractivity contribution in [3.63, 3.8) is 0 Å². The second kappa shape index (κ2) is 4.15. The second-order valence-electron chi connectivity index (χ2n) is 5.73. The van der Waals surface area contributed by atoms with Crippen molar-refractivity contribution in [3.8, 4) is 0 Å². The number of halogens is 3. The number of imidazole rings is 1. The van der Waals surface area contributed by atoms with E-state index in [-0.39, 0.29) is 5.95 Å². The van der Waals surface area contributed by atoms with Crippen LogP contribution in [0.4, 0.5) is 23.9 Å². The van der Waals surface area contributed by atoms with Gasteiger partial charge >= 0.3 is 12.2 Å². The van der Waals surface area contributed by atoms with E-state index in [0.717, 1.165) is 25.1 Å². The van der Waals surface area contributed by atoms with Crippen LogP contribution in [0.15, 0.2) is 12.1 Å². The molecule has 1 aromatic heterocycles. The number of fused-ring (bicyclic) bond motifs is 3. The number of aryl methyl sites for hydroxylation is 2. The van der Waals surface area contributed by atoms with Gasteiger partial charge in [-0.1, -0.05) is 0 Å². The lowest BCUT2D eigenvalue weighted by Crippen LogP contribution is -2.65. The lowest BCUT2D eigenvalue weighted by Gasteiger charge is -2.43. The van der Waals surface area contributed by atoms with Crippen LogP contribution >= 0.6 is 0 Å². The van der Waals surface area contributed by atoms with Crippen molar-refractivity contribution in [3.05, 3.63) is 23.3 Å². The van der Waals surface area contributed by atoms with Gasteiger partial charge < -0.3 is 5.32 Å². The van der Waals surface area contributed by atoms with Crippen LogP contribution in [0.1, 0.15) is 18.1 Å². The number of carbonyl (C=O) groups is 1. The second-order valence-corrected chi connectivity index (χ2v) is 5.73. The fourth-order valence-electron chi connectivity index (χ4n) is 2.51. The van der Waals surface area contributed by atoms with Crippen LogP contribution in [0.2, 0.25) is 0 Å². The Kier molecular flexibility index (Phi) is 2.77. The van der Waals surface area contributed by atoms with Crippen LogP contribution in [0.5, 0.6) is 0 Å². The van der Waals surface area contributed by atoms with Crippen molar-refractivity contribution in [2.45, 2.75) is 32.6 Å². The van der Waals surface area contributed by atoms with Gasteiger partial charge in [-0.05, 0) is 44.0 Å². The maximum absolute atomic E-state index is 13.3. The molecule has 2 heterocycles. The minimum atomic E-state index is -4.63. The summed E-state index contributed by atoms with van der Waals surface area (Å²) in [5.41, 5.74) is 0.383. The van der Waals surface area contributed by atoms with Crippen LogP contribution in [0.3, 0.4) is 0 Å². The van der Waals surface area contributed by atoms with Crippen molar-refractivity contribution < 1.29 is 18.0 Å². The molecule has 2 aromatic rings. The summed E-state index contributed by atoms with van der Waals surface area (Å²) in [5, 5.41) is 2.35. The normalized spacial score (nSPS) is 22.0. The average molecular weight is 312 g/mol. The molecule has 22 heavy (non-hydrogen) atoms. The van der Waals surface area contributed by atoms with Gasteiger partial charge in [-0.25, -0.2) is 14.3 Å². The Balaban J connectivity index is 2.27. The summed E-state index contributed by atoms with van der Waals surface area (Å²) in [7, 11) is 1.12. The van der Waals surface area contributed by atoms with Crippen molar-refractivity contribution >= 4 is 23.0 Å². The van der Waals surface area contributed by atoms with E-state index in [9.17, 15) is 18.0 Å². The third kappa shape index (κ3) is 1.72. The topological polar surface area (TPSA) is 50.2 Å². The highest BCUT2D eigenvalue weighted by Crippen LogP contribution is 2.39. The largest absolute Gasteiger partial charge is 0.430 e. The molecule has 0 bridgehead atoms. The number of rotatable bonds is 0. The van der Waals surface area contributed by atoms with Gasteiger partial charge in [-0.3, -0.25) is 4.90 Å². The predicted octanol–water partition coefficient (Wildman–Crippen LogP) is 3.26. The molecule has 0 fully saturated rings. The van der Waals surface area contributed by atoms with E-state index < -0.39 is 17.9 Å². The summed E-state index contributed by atoms with van der Waals surface area (Å²) < 4.78 is 41.2. The van der Waals surface area contributed by atoms with E-state index in [2.05, 4.69) is 10.3 Å². The number of nitrogens with zero attached hydrogens (tertiary/aromatic N) is 3. The van der Waals surface area contributed by atoms with E-state index in [4.69, 9.17) is 0 Å². The number of hydrogen-bond acceptors (Lipinski definition) is 3. The van der Waals surface area contributed by atoms with E-state index in [1.165, 1.54) is 4.57 Å². The van der Waals surface area contributed by atoms with Crippen LogP contribution in [0.25, 0.3) is 11.0 Å². The smallest absolute Gasteiger partial charge is 0.325 e. The van der Waals surface area contributed by atoms with Crippen molar-refractivity contribution in [2.24, 2.45) is 0 Å². The van der Waals surface area contributed by atoms with E-state index in [1.807, 2.05) is 13.8 Å². The molecule has 118 valence electrons. The summed E-state index contributed by atoms with van der Waals surface area (Å²) >= 11 is 0. The highest BCUT2D eigenvalue weighted by atomic mass is 19.4. The predicted molar refractivity (Wildman–Crippen MR) is 75.8 cm³/mol. The molecule has 8 heteroatoms. The van der Waals surface area contributed by atoms with Crippen LogP contribution in [0, 0.1) is 13.8 Å². The molecule has 1 unspecified atom stereocenters. The molecule has 1 N–H and O–H groups in total. The molecular weight excluding hydrogens is 297 g/mol. The van der Waals surface area contributed by atoms with Gasteiger partial charge in [0.1, 0.15) is 0 Å². The minimum Gasteiger partial charge on any atom is -0.325 e. The van der Waals surface area contributed by atoms with E-state index >= 15 is 0 Å². The van der Waals surface area contributed by atoms with Gasteiger partial charge in [-0.15, -0.1) is 0 Å². The van der Waals surface area contributed by atoms with Crippen LogP contribution in [-0.4, -0.2) is 39.4 Å². The first kappa shape index (κ1) is 14.7. The third-order valence-electron chi connectivity index (χ3n) is 4.33. The standard InChI is InChI=1S/C14H15F3N4O/c1-7-5-9-10(6-8(7)2)21-11(18-9)19-13(3,14(15,16)17)20(4)12(21)22/h5-6H,1-4H3,(H,18,19). The first-order valence-corrected chi connectivity index (χ1v) is 6.69. The Morgan fingerprint density at radius 3 is 2.41 bits per heavy atom. The number of amides is 1. The molecule has 1 aromatic carbocycles. The average Bonchev–Trinajstić information content (AvgIpc) is 2.72. The van der Waals surface area contributed by atoms with Gasteiger partial charge in [0.05, 0.1) is 11.0 Å². The Labute approximate surface area is 124 Å².